The lowest BCUT2D eigenvalue weighted by molar-refractivity contribution is -0.125. The third-order valence-corrected chi connectivity index (χ3v) is 4.16. The van der Waals surface area contributed by atoms with Crippen LogP contribution in [0, 0.1) is 5.92 Å². The first kappa shape index (κ1) is 13.6. The van der Waals surface area contributed by atoms with Gasteiger partial charge in [0.15, 0.2) is 0 Å². The fourth-order valence-corrected chi connectivity index (χ4v) is 2.73. The van der Waals surface area contributed by atoms with Crippen LogP contribution < -0.4 is 11.1 Å². The van der Waals surface area contributed by atoms with Crippen molar-refractivity contribution in [3.8, 4) is 0 Å². The maximum absolute atomic E-state index is 12.1. The van der Waals surface area contributed by atoms with Gasteiger partial charge in [-0.25, -0.2) is 0 Å². The molecule has 0 bridgehead atoms. The van der Waals surface area contributed by atoms with Crippen LogP contribution in [0.3, 0.4) is 0 Å². The van der Waals surface area contributed by atoms with Gasteiger partial charge in [-0.05, 0) is 37.5 Å². The van der Waals surface area contributed by atoms with E-state index in [1.807, 2.05) is 31.2 Å². The molecular formula is C14H19BrN2O. The zero-order chi connectivity index (χ0) is 13.1. The van der Waals surface area contributed by atoms with E-state index in [0.717, 1.165) is 29.3 Å². The molecule has 3 atom stereocenters. The number of amides is 1. The van der Waals surface area contributed by atoms with Crippen molar-refractivity contribution in [1.29, 1.82) is 0 Å². The average molecular weight is 311 g/mol. The maximum atomic E-state index is 12.1. The molecule has 18 heavy (non-hydrogen) atoms. The molecule has 0 aromatic heterocycles. The number of halogens is 1. The molecule has 3 unspecified atom stereocenters. The van der Waals surface area contributed by atoms with E-state index in [0.29, 0.717) is 0 Å². The van der Waals surface area contributed by atoms with Gasteiger partial charge in [-0.3, -0.25) is 4.79 Å². The van der Waals surface area contributed by atoms with Crippen molar-refractivity contribution < 1.29 is 4.79 Å². The van der Waals surface area contributed by atoms with Gasteiger partial charge in [0.05, 0.1) is 12.0 Å². The fraction of sp³-hybridized carbons (Fsp3) is 0.500. The quantitative estimate of drug-likeness (QED) is 0.902. The van der Waals surface area contributed by atoms with E-state index in [1.54, 1.807) is 0 Å². The van der Waals surface area contributed by atoms with Gasteiger partial charge < -0.3 is 11.1 Å². The van der Waals surface area contributed by atoms with Crippen molar-refractivity contribution in [3.63, 3.8) is 0 Å². The lowest BCUT2D eigenvalue weighted by atomic mass is 10.0. The highest BCUT2D eigenvalue weighted by Gasteiger charge is 2.30. The summed E-state index contributed by atoms with van der Waals surface area (Å²) in [7, 11) is 0. The normalized spacial score (nSPS) is 24.8. The Kier molecular flexibility index (Phi) is 4.40. The number of nitrogens with one attached hydrogen (secondary N) is 1. The fourth-order valence-electron chi connectivity index (χ4n) is 2.47. The smallest absolute Gasteiger partial charge is 0.225 e. The lowest BCUT2D eigenvalue weighted by Crippen LogP contribution is -2.39. The van der Waals surface area contributed by atoms with Gasteiger partial charge >= 0.3 is 0 Å². The van der Waals surface area contributed by atoms with Crippen molar-refractivity contribution in [2.24, 2.45) is 11.7 Å². The van der Waals surface area contributed by atoms with Gasteiger partial charge in [-0.2, -0.15) is 0 Å². The molecule has 1 aliphatic carbocycles. The predicted octanol–water partition coefficient (Wildman–Crippen LogP) is 2.75. The van der Waals surface area contributed by atoms with Crippen LogP contribution >= 0.6 is 15.9 Å². The lowest BCUT2D eigenvalue weighted by Gasteiger charge is -2.20. The van der Waals surface area contributed by atoms with Gasteiger partial charge in [-0.15, -0.1) is 0 Å². The standard InChI is InChI=1S/C14H19BrN2O/c1-9(10-5-7-11(15)8-6-10)17-14(18)12-3-2-4-13(12)16/h5-9,12-13H,2-4,16H2,1H3,(H,17,18). The second-order valence-corrected chi connectivity index (χ2v) is 5.90. The van der Waals surface area contributed by atoms with Crippen LogP contribution in [0.4, 0.5) is 0 Å². The van der Waals surface area contributed by atoms with Crippen LogP contribution in [0.5, 0.6) is 0 Å². The number of rotatable bonds is 3. The summed E-state index contributed by atoms with van der Waals surface area (Å²) in [5, 5.41) is 3.05. The molecule has 0 heterocycles. The van der Waals surface area contributed by atoms with Crippen molar-refractivity contribution in [3.05, 3.63) is 34.3 Å². The van der Waals surface area contributed by atoms with Crippen molar-refractivity contribution in [2.75, 3.05) is 0 Å². The van der Waals surface area contributed by atoms with Gasteiger partial charge in [0.2, 0.25) is 5.91 Å². The molecule has 0 radical (unpaired) electrons. The number of benzene rings is 1. The van der Waals surface area contributed by atoms with E-state index < -0.39 is 0 Å². The highest BCUT2D eigenvalue weighted by molar-refractivity contribution is 9.10. The Morgan fingerprint density at radius 3 is 2.61 bits per heavy atom. The third kappa shape index (κ3) is 3.12. The highest BCUT2D eigenvalue weighted by atomic mass is 79.9. The SMILES string of the molecule is CC(NC(=O)C1CCCC1N)c1ccc(Br)cc1. The molecule has 1 aromatic carbocycles. The minimum absolute atomic E-state index is 0.0112. The second-order valence-electron chi connectivity index (χ2n) is 4.98. The minimum atomic E-state index is -0.0112. The van der Waals surface area contributed by atoms with Crippen LogP contribution in [0.15, 0.2) is 28.7 Å². The van der Waals surface area contributed by atoms with Gasteiger partial charge in [-0.1, -0.05) is 34.5 Å². The monoisotopic (exact) mass is 310 g/mol. The summed E-state index contributed by atoms with van der Waals surface area (Å²) < 4.78 is 1.04. The summed E-state index contributed by atoms with van der Waals surface area (Å²) in [5.41, 5.74) is 7.06. The molecule has 1 amide bonds. The summed E-state index contributed by atoms with van der Waals surface area (Å²) in [5.74, 6) is 0.0818. The van der Waals surface area contributed by atoms with Crippen LogP contribution in [0.1, 0.15) is 37.8 Å². The molecule has 0 saturated heterocycles. The molecule has 3 nitrogen and oxygen atoms in total. The van der Waals surface area contributed by atoms with Crippen LogP contribution in [-0.2, 0) is 4.79 Å². The molecule has 0 spiro atoms. The molecule has 3 N–H and O–H groups in total. The predicted molar refractivity (Wildman–Crippen MR) is 76.0 cm³/mol. The number of carbonyl (C=O) groups is 1. The first-order chi connectivity index (χ1) is 8.58. The largest absolute Gasteiger partial charge is 0.349 e. The molecule has 4 heteroatoms. The first-order valence-corrected chi connectivity index (χ1v) is 7.18. The Morgan fingerprint density at radius 2 is 2.06 bits per heavy atom. The minimum Gasteiger partial charge on any atom is -0.349 e. The zero-order valence-corrected chi connectivity index (χ0v) is 12.1. The summed E-state index contributed by atoms with van der Waals surface area (Å²) in [6.45, 7) is 2.00. The van der Waals surface area contributed by atoms with Crippen LogP contribution in [-0.4, -0.2) is 11.9 Å². The van der Waals surface area contributed by atoms with E-state index in [1.165, 1.54) is 0 Å². The molecule has 0 aliphatic heterocycles. The van der Waals surface area contributed by atoms with Gasteiger partial charge in [0, 0.05) is 10.5 Å². The summed E-state index contributed by atoms with van der Waals surface area (Å²) in [4.78, 5) is 12.1. The number of nitrogens with two attached hydrogens (primary N) is 1. The van der Waals surface area contributed by atoms with Crippen molar-refractivity contribution >= 4 is 21.8 Å². The van der Waals surface area contributed by atoms with Crippen LogP contribution in [0.25, 0.3) is 0 Å². The molecule has 2 rings (SSSR count). The van der Waals surface area contributed by atoms with E-state index in [2.05, 4.69) is 21.2 Å². The zero-order valence-electron chi connectivity index (χ0n) is 10.5. The highest BCUT2D eigenvalue weighted by Crippen LogP contribution is 2.25. The maximum Gasteiger partial charge on any atom is 0.225 e. The Labute approximate surface area is 116 Å². The number of hydrogen-bond donors (Lipinski definition) is 2. The molecule has 1 fully saturated rings. The van der Waals surface area contributed by atoms with Gasteiger partial charge in [0.25, 0.3) is 0 Å². The second kappa shape index (κ2) is 5.85. The van der Waals surface area contributed by atoms with E-state index >= 15 is 0 Å². The summed E-state index contributed by atoms with van der Waals surface area (Å²) >= 11 is 3.40. The van der Waals surface area contributed by atoms with E-state index in [9.17, 15) is 4.79 Å². The molecular weight excluding hydrogens is 292 g/mol. The summed E-state index contributed by atoms with van der Waals surface area (Å²) in [6, 6.07) is 8.06. The number of carbonyl (C=O) groups excluding carboxylic acids is 1. The Morgan fingerprint density at radius 1 is 1.39 bits per heavy atom. The molecule has 1 aliphatic rings. The first-order valence-electron chi connectivity index (χ1n) is 6.39. The number of hydrogen-bond acceptors (Lipinski definition) is 2. The van der Waals surface area contributed by atoms with Gasteiger partial charge in [0.1, 0.15) is 0 Å². The van der Waals surface area contributed by atoms with Crippen molar-refractivity contribution in [2.45, 2.75) is 38.3 Å². The van der Waals surface area contributed by atoms with Crippen LogP contribution in [0.2, 0.25) is 0 Å². The summed E-state index contributed by atoms with van der Waals surface area (Å²) in [6.07, 6.45) is 2.94. The molecule has 1 aromatic rings. The Balaban J connectivity index is 1.96. The Bertz CT molecular complexity index is 418. The molecule has 1 saturated carbocycles. The third-order valence-electron chi connectivity index (χ3n) is 3.63. The molecule has 98 valence electrons. The van der Waals surface area contributed by atoms with E-state index in [-0.39, 0.29) is 23.9 Å². The van der Waals surface area contributed by atoms with Crippen molar-refractivity contribution in [1.82, 2.24) is 5.32 Å². The average Bonchev–Trinajstić information content (AvgIpc) is 2.76. The topological polar surface area (TPSA) is 55.1 Å². The van der Waals surface area contributed by atoms with E-state index in [4.69, 9.17) is 5.73 Å². The Hall–Kier alpha value is -0.870.